The van der Waals surface area contributed by atoms with Crippen molar-refractivity contribution in [3.8, 4) is 0 Å². The number of alkyl halides is 1. The Bertz CT molecular complexity index is 1440. The number of hydrogen-bond donors (Lipinski definition) is 2. The Hall–Kier alpha value is -2.85. The van der Waals surface area contributed by atoms with Gasteiger partial charge in [0.15, 0.2) is 0 Å². The molecule has 1 aromatic carbocycles. The van der Waals surface area contributed by atoms with Gasteiger partial charge in [0.2, 0.25) is 0 Å². The molecule has 10 heteroatoms. The van der Waals surface area contributed by atoms with Crippen molar-refractivity contribution in [2.75, 3.05) is 35.3 Å². The van der Waals surface area contributed by atoms with E-state index in [-0.39, 0.29) is 24.0 Å². The zero-order valence-corrected chi connectivity index (χ0v) is 23.2. The Kier molecular flexibility index (Phi) is 7.06. The van der Waals surface area contributed by atoms with Crippen LogP contribution in [0.4, 0.5) is 21.7 Å². The summed E-state index contributed by atoms with van der Waals surface area (Å²) in [7, 11) is -2.99. The average Bonchev–Trinajstić information content (AvgIpc) is 2.81. The van der Waals surface area contributed by atoms with Gasteiger partial charge in [-0.3, -0.25) is 0 Å². The lowest BCUT2D eigenvalue weighted by atomic mass is 9.78. The summed E-state index contributed by atoms with van der Waals surface area (Å²) in [6.45, 7) is 7.18. The van der Waals surface area contributed by atoms with E-state index in [1.54, 1.807) is 12.3 Å². The first-order valence-corrected chi connectivity index (χ1v) is 15.3. The first kappa shape index (κ1) is 26.7. The number of aromatic nitrogens is 3. The van der Waals surface area contributed by atoms with Crippen LogP contribution in [0, 0.1) is 5.92 Å². The van der Waals surface area contributed by atoms with Gasteiger partial charge in [-0.15, -0.1) is 0 Å². The van der Waals surface area contributed by atoms with Crippen LogP contribution in [0.15, 0.2) is 36.7 Å². The second kappa shape index (κ2) is 10.0. The van der Waals surface area contributed by atoms with E-state index in [1.807, 2.05) is 12.3 Å². The number of hydrogen-bond acceptors (Lipinski definition) is 8. The lowest BCUT2D eigenvalue weighted by Crippen LogP contribution is -2.49. The zero-order valence-electron chi connectivity index (χ0n) is 22.4. The normalized spacial score (nSPS) is 24.6. The quantitative estimate of drug-likeness (QED) is 0.442. The third-order valence-corrected chi connectivity index (χ3v) is 8.87. The van der Waals surface area contributed by atoms with Crippen LogP contribution in [0.5, 0.6) is 0 Å². The number of nitrogens with one attached hydrogen (secondary N) is 1. The summed E-state index contributed by atoms with van der Waals surface area (Å²) in [5.74, 6) is 2.31. The number of rotatable bonds is 7. The molecule has 1 aliphatic carbocycles. The van der Waals surface area contributed by atoms with Crippen molar-refractivity contribution in [2.45, 2.75) is 63.6 Å². The molecule has 3 heterocycles. The molecular weight excluding hydrogens is 505 g/mol. The molecule has 2 fully saturated rings. The highest BCUT2D eigenvalue weighted by Gasteiger charge is 2.41. The first-order chi connectivity index (χ1) is 17.9. The minimum Gasteiger partial charge on any atom is -0.390 e. The maximum absolute atomic E-state index is 14.8. The fourth-order valence-corrected chi connectivity index (χ4v) is 6.83. The molecule has 0 radical (unpaired) electrons. The number of halogens is 1. The Morgan fingerprint density at radius 1 is 1.16 bits per heavy atom. The van der Waals surface area contributed by atoms with E-state index in [0.717, 1.165) is 16.5 Å². The summed E-state index contributed by atoms with van der Waals surface area (Å²) < 4.78 is 38.1. The van der Waals surface area contributed by atoms with Gasteiger partial charge in [-0.2, -0.15) is 0 Å². The molecule has 38 heavy (non-hydrogen) atoms. The molecular formula is C28H36FN5O3S. The van der Waals surface area contributed by atoms with E-state index in [9.17, 15) is 17.9 Å². The summed E-state index contributed by atoms with van der Waals surface area (Å²) >= 11 is 0. The van der Waals surface area contributed by atoms with E-state index in [2.05, 4.69) is 51.1 Å². The molecule has 5 rings (SSSR count). The summed E-state index contributed by atoms with van der Waals surface area (Å²) in [5.41, 5.74) is 0.613. The van der Waals surface area contributed by atoms with Crippen LogP contribution in [0.1, 0.15) is 63.3 Å². The predicted molar refractivity (Wildman–Crippen MR) is 149 cm³/mol. The maximum atomic E-state index is 14.8. The first-order valence-electron chi connectivity index (χ1n) is 13.2. The summed E-state index contributed by atoms with van der Waals surface area (Å²) in [6.07, 6.45) is 5.08. The molecule has 1 saturated carbocycles. The van der Waals surface area contributed by atoms with Gasteiger partial charge in [-0.05, 0) is 61.3 Å². The van der Waals surface area contributed by atoms with E-state index >= 15 is 0 Å². The maximum Gasteiger partial charge on any atom is 0.147 e. The van der Waals surface area contributed by atoms with Crippen molar-refractivity contribution in [1.29, 1.82) is 0 Å². The van der Waals surface area contributed by atoms with Gasteiger partial charge in [0.1, 0.15) is 33.0 Å². The van der Waals surface area contributed by atoms with Crippen molar-refractivity contribution in [3.05, 3.63) is 48.0 Å². The van der Waals surface area contributed by atoms with Gasteiger partial charge in [0, 0.05) is 54.6 Å². The van der Waals surface area contributed by atoms with E-state index in [1.165, 1.54) is 18.7 Å². The highest BCUT2D eigenvalue weighted by atomic mass is 32.2. The Balaban J connectivity index is 1.39. The van der Waals surface area contributed by atoms with Crippen molar-refractivity contribution in [3.63, 3.8) is 0 Å². The predicted octanol–water partition coefficient (Wildman–Crippen LogP) is 4.73. The summed E-state index contributed by atoms with van der Waals surface area (Å²) in [6, 6.07) is 8.05. The Morgan fingerprint density at radius 2 is 1.92 bits per heavy atom. The lowest BCUT2D eigenvalue weighted by Gasteiger charge is -2.41. The standard InChI is InChI=1S/C28H36FN5O3S/c1-17(2)20-6-7-23(34-14-18(15-34)16-38(4,36)37)22-13-31-26(11-21(20)22)32-25-9-10-30-27(33-25)19-5-8-24(35)28(3,29)12-19/h6-7,9-11,13,17-19,24,35H,5,8,12,14-16H2,1-4H3,(H,30,31,32,33)/t19-,24-,28+/m1/s1. The van der Waals surface area contributed by atoms with Gasteiger partial charge < -0.3 is 15.3 Å². The molecule has 8 nitrogen and oxygen atoms in total. The lowest BCUT2D eigenvalue weighted by molar-refractivity contribution is -0.0343. The van der Waals surface area contributed by atoms with E-state index < -0.39 is 21.6 Å². The monoisotopic (exact) mass is 541 g/mol. The van der Waals surface area contributed by atoms with Crippen molar-refractivity contribution < 1.29 is 17.9 Å². The Morgan fingerprint density at radius 3 is 2.61 bits per heavy atom. The molecule has 2 N–H and O–H groups in total. The molecule has 2 aliphatic rings. The smallest absolute Gasteiger partial charge is 0.147 e. The van der Waals surface area contributed by atoms with Crippen LogP contribution in [0.2, 0.25) is 0 Å². The number of aliphatic hydroxyl groups excluding tert-OH is 1. The van der Waals surface area contributed by atoms with Crippen LogP contribution in [0.25, 0.3) is 10.8 Å². The molecule has 1 saturated heterocycles. The number of anilines is 3. The highest BCUT2D eigenvalue weighted by molar-refractivity contribution is 7.90. The zero-order chi connectivity index (χ0) is 27.2. The molecule has 1 aliphatic heterocycles. The molecule has 204 valence electrons. The summed E-state index contributed by atoms with van der Waals surface area (Å²) in [4.78, 5) is 15.9. The molecule has 3 atom stereocenters. The largest absolute Gasteiger partial charge is 0.390 e. The molecule has 0 bridgehead atoms. The minimum atomic E-state index is -2.99. The van der Waals surface area contributed by atoms with Crippen LogP contribution >= 0.6 is 0 Å². The van der Waals surface area contributed by atoms with Gasteiger partial charge >= 0.3 is 0 Å². The van der Waals surface area contributed by atoms with Crippen molar-refractivity contribution >= 4 is 37.9 Å². The van der Waals surface area contributed by atoms with Gasteiger partial charge in [-0.1, -0.05) is 19.9 Å². The van der Waals surface area contributed by atoms with E-state index in [4.69, 9.17) is 0 Å². The molecule has 0 unspecified atom stereocenters. The second-order valence-electron chi connectivity index (χ2n) is 11.5. The fraction of sp³-hybridized carbons (Fsp3) is 0.536. The van der Waals surface area contributed by atoms with Gasteiger partial charge in [0.05, 0.1) is 11.9 Å². The van der Waals surface area contributed by atoms with E-state index in [0.29, 0.717) is 49.3 Å². The number of sulfone groups is 1. The molecule has 2 aromatic heterocycles. The fourth-order valence-electron chi connectivity index (χ4n) is 5.77. The van der Waals surface area contributed by atoms with Crippen molar-refractivity contribution in [2.24, 2.45) is 5.92 Å². The summed E-state index contributed by atoms with van der Waals surface area (Å²) in [5, 5.41) is 15.4. The van der Waals surface area contributed by atoms with Crippen LogP contribution in [-0.2, 0) is 9.84 Å². The van der Waals surface area contributed by atoms with Gasteiger partial charge in [0.25, 0.3) is 0 Å². The van der Waals surface area contributed by atoms with Crippen molar-refractivity contribution in [1.82, 2.24) is 15.0 Å². The third kappa shape index (κ3) is 5.61. The number of pyridine rings is 1. The number of benzene rings is 1. The molecule has 0 amide bonds. The Labute approximate surface area is 223 Å². The highest BCUT2D eigenvalue weighted by Crippen LogP contribution is 2.40. The number of aliphatic hydroxyl groups is 1. The minimum absolute atomic E-state index is 0.147. The topological polar surface area (TPSA) is 108 Å². The SMILES string of the molecule is CC(C)c1ccc(N2CC(CS(C)(=O)=O)C2)c2cnc(Nc3ccnc([C@@H]4CC[C@@H](O)[C@@](C)(F)C4)n3)cc12. The number of fused-ring (bicyclic) bond motifs is 1. The van der Waals surface area contributed by atoms with Crippen LogP contribution < -0.4 is 10.2 Å². The van der Waals surface area contributed by atoms with Crippen LogP contribution in [-0.4, -0.2) is 65.3 Å². The van der Waals surface area contributed by atoms with Crippen LogP contribution in [0.3, 0.4) is 0 Å². The third-order valence-electron chi connectivity index (χ3n) is 7.79. The second-order valence-corrected chi connectivity index (χ2v) is 13.7. The average molecular weight is 542 g/mol. The molecule has 0 spiro atoms. The number of nitrogens with zero attached hydrogens (tertiary/aromatic N) is 4. The molecule has 3 aromatic rings. The van der Waals surface area contributed by atoms with Gasteiger partial charge in [-0.25, -0.2) is 27.8 Å².